The van der Waals surface area contributed by atoms with Crippen molar-refractivity contribution in [2.45, 2.75) is 51.9 Å². The maximum absolute atomic E-state index is 13.0. The number of alkyl halides is 3. The summed E-state index contributed by atoms with van der Waals surface area (Å²) in [6.45, 7) is 5.74. The highest BCUT2D eigenvalue weighted by Gasteiger charge is 2.33. The fourth-order valence-corrected chi connectivity index (χ4v) is 3.90. The van der Waals surface area contributed by atoms with Gasteiger partial charge in [0.05, 0.1) is 11.4 Å². The third-order valence-corrected chi connectivity index (χ3v) is 5.70. The zero-order valence-electron chi connectivity index (χ0n) is 19.0. The van der Waals surface area contributed by atoms with Gasteiger partial charge in [0.15, 0.2) is 5.75 Å². The summed E-state index contributed by atoms with van der Waals surface area (Å²) in [5.41, 5.74) is 4.15. The van der Waals surface area contributed by atoms with Crippen LogP contribution >= 0.6 is 0 Å². The Labute approximate surface area is 194 Å². The Morgan fingerprint density at radius 1 is 1.18 bits per heavy atom. The number of aromatic nitrogens is 3. The summed E-state index contributed by atoms with van der Waals surface area (Å²) >= 11 is 0. The smallest absolute Gasteiger partial charge is 0.404 e. The summed E-state index contributed by atoms with van der Waals surface area (Å²) in [5, 5.41) is 5.35. The zero-order valence-corrected chi connectivity index (χ0v) is 19.0. The number of pyridine rings is 1. The van der Waals surface area contributed by atoms with Gasteiger partial charge in [-0.05, 0) is 53.6 Å². The molecule has 0 unspecified atom stereocenters. The first kappa shape index (κ1) is 23.5. The molecule has 10 heteroatoms. The average molecular weight is 471 g/mol. The molecule has 178 valence electrons. The van der Waals surface area contributed by atoms with Crippen molar-refractivity contribution in [3.63, 3.8) is 0 Å². The summed E-state index contributed by atoms with van der Waals surface area (Å²) in [7, 11) is 0. The van der Waals surface area contributed by atoms with Crippen molar-refractivity contribution in [1.29, 1.82) is 0 Å². The summed E-state index contributed by atoms with van der Waals surface area (Å²) in [4.78, 5) is 24.3. The summed E-state index contributed by atoms with van der Waals surface area (Å²) in [5.74, 6) is -0.640. The SMILES string of the molecule is CC(=O)NCc1ccc(Nc2nccc(-c3cnc4c(c3)C(C)(C)CC4)n2)c(OC(F)(F)F)c1. The molecule has 4 rings (SSSR count). The Bertz CT molecular complexity index is 1230. The highest BCUT2D eigenvalue weighted by atomic mass is 19.4. The Morgan fingerprint density at radius 2 is 1.97 bits per heavy atom. The molecule has 2 N–H and O–H groups in total. The molecule has 0 radical (unpaired) electrons. The number of amides is 1. The number of carbonyl (C=O) groups excluding carboxylic acids is 1. The van der Waals surface area contributed by atoms with Crippen molar-refractivity contribution in [3.8, 4) is 17.0 Å². The number of fused-ring (bicyclic) bond motifs is 1. The minimum Gasteiger partial charge on any atom is -0.404 e. The first-order valence-electron chi connectivity index (χ1n) is 10.7. The molecule has 0 atom stereocenters. The van der Waals surface area contributed by atoms with Gasteiger partial charge in [0.1, 0.15) is 0 Å². The lowest BCUT2D eigenvalue weighted by Crippen LogP contribution is -2.20. The molecule has 2 aromatic heterocycles. The molecular weight excluding hydrogens is 447 g/mol. The van der Waals surface area contributed by atoms with Crippen LogP contribution in [0.2, 0.25) is 0 Å². The molecule has 0 saturated heterocycles. The van der Waals surface area contributed by atoms with E-state index in [2.05, 4.69) is 50.2 Å². The van der Waals surface area contributed by atoms with E-state index in [1.165, 1.54) is 30.8 Å². The van der Waals surface area contributed by atoms with E-state index in [1.54, 1.807) is 18.3 Å². The molecule has 7 nitrogen and oxygen atoms in total. The van der Waals surface area contributed by atoms with Gasteiger partial charge in [-0.25, -0.2) is 9.97 Å². The van der Waals surface area contributed by atoms with Crippen LogP contribution in [-0.4, -0.2) is 27.2 Å². The van der Waals surface area contributed by atoms with Crippen LogP contribution in [0.5, 0.6) is 5.75 Å². The van der Waals surface area contributed by atoms with E-state index < -0.39 is 12.1 Å². The molecule has 2 heterocycles. The number of nitrogens with one attached hydrogen (secondary N) is 2. The first-order valence-corrected chi connectivity index (χ1v) is 10.7. The Morgan fingerprint density at radius 3 is 2.71 bits per heavy atom. The number of aryl methyl sites for hydroxylation is 1. The molecule has 1 aromatic carbocycles. The van der Waals surface area contributed by atoms with E-state index in [1.807, 2.05) is 0 Å². The maximum Gasteiger partial charge on any atom is 0.573 e. The molecule has 1 aliphatic carbocycles. The highest BCUT2D eigenvalue weighted by molar-refractivity contribution is 5.73. The third kappa shape index (κ3) is 5.44. The van der Waals surface area contributed by atoms with Crippen molar-refractivity contribution < 1.29 is 22.7 Å². The average Bonchev–Trinajstić information content (AvgIpc) is 3.07. The third-order valence-electron chi connectivity index (χ3n) is 5.70. The van der Waals surface area contributed by atoms with E-state index >= 15 is 0 Å². The molecule has 3 aromatic rings. The van der Waals surface area contributed by atoms with E-state index in [0.717, 1.165) is 24.1 Å². The topological polar surface area (TPSA) is 89.0 Å². The number of halogens is 3. The lowest BCUT2D eigenvalue weighted by Gasteiger charge is -2.19. The highest BCUT2D eigenvalue weighted by Crippen LogP contribution is 2.39. The van der Waals surface area contributed by atoms with Gasteiger partial charge in [-0.15, -0.1) is 13.2 Å². The van der Waals surface area contributed by atoms with Gasteiger partial charge in [0.25, 0.3) is 0 Å². The molecule has 0 aliphatic heterocycles. The largest absolute Gasteiger partial charge is 0.573 e. The van der Waals surface area contributed by atoms with Gasteiger partial charge in [-0.1, -0.05) is 19.9 Å². The predicted molar refractivity (Wildman–Crippen MR) is 121 cm³/mol. The fourth-order valence-electron chi connectivity index (χ4n) is 3.90. The van der Waals surface area contributed by atoms with Crippen molar-refractivity contribution in [1.82, 2.24) is 20.3 Å². The Kier molecular flexibility index (Phi) is 6.16. The van der Waals surface area contributed by atoms with Gasteiger partial charge < -0.3 is 15.4 Å². The van der Waals surface area contributed by atoms with Crippen molar-refractivity contribution in [2.24, 2.45) is 0 Å². The molecule has 0 bridgehead atoms. The zero-order chi connectivity index (χ0) is 24.5. The summed E-state index contributed by atoms with van der Waals surface area (Å²) < 4.78 is 43.2. The Balaban J connectivity index is 1.62. The van der Waals surface area contributed by atoms with Crippen LogP contribution in [0.25, 0.3) is 11.3 Å². The minimum absolute atomic E-state index is 0.0231. The number of benzene rings is 1. The van der Waals surface area contributed by atoms with Gasteiger partial charge in [0.2, 0.25) is 11.9 Å². The molecule has 0 saturated carbocycles. The van der Waals surface area contributed by atoms with Crippen LogP contribution < -0.4 is 15.4 Å². The van der Waals surface area contributed by atoms with Crippen LogP contribution in [0.4, 0.5) is 24.8 Å². The van der Waals surface area contributed by atoms with Gasteiger partial charge in [0, 0.05) is 37.1 Å². The number of carbonyl (C=O) groups is 1. The lowest BCUT2D eigenvalue weighted by atomic mass is 9.86. The van der Waals surface area contributed by atoms with Gasteiger partial charge in [-0.3, -0.25) is 9.78 Å². The molecule has 0 fully saturated rings. The van der Waals surface area contributed by atoms with Gasteiger partial charge >= 0.3 is 6.36 Å². The quantitative estimate of drug-likeness (QED) is 0.524. The number of nitrogens with zero attached hydrogens (tertiary/aromatic N) is 3. The summed E-state index contributed by atoms with van der Waals surface area (Å²) in [6.07, 6.45) is 0.336. The molecule has 34 heavy (non-hydrogen) atoms. The van der Waals surface area contributed by atoms with Crippen molar-refractivity contribution >= 4 is 17.5 Å². The number of anilines is 2. The van der Waals surface area contributed by atoms with Gasteiger partial charge in [-0.2, -0.15) is 0 Å². The number of hydrogen-bond acceptors (Lipinski definition) is 6. The number of hydrogen-bond donors (Lipinski definition) is 2. The monoisotopic (exact) mass is 471 g/mol. The predicted octanol–water partition coefficient (Wildman–Crippen LogP) is 5.04. The standard InChI is InChI=1S/C24H24F3N5O2/c1-14(33)29-12-15-4-5-20(21(10-15)34-24(25,26)27)32-22-28-9-7-18(31-22)16-11-17-19(30-13-16)6-8-23(17,2)3/h4-5,7,9-11,13H,6,8,12H2,1-3H3,(H,29,33)(H,28,31,32). The number of ether oxygens (including phenoxy) is 1. The van der Waals surface area contributed by atoms with Crippen LogP contribution in [0.1, 0.15) is 44.0 Å². The van der Waals surface area contributed by atoms with E-state index in [0.29, 0.717) is 11.3 Å². The molecule has 1 aliphatic rings. The first-order chi connectivity index (χ1) is 16.0. The fraction of sp³-hybridized carbons (Fsp3) is 0.333. The normalized spacial score (nSPS) is 14.4. The molecular formula is C24H24F3N5O2. The van der Waals surface area contributed by atoms with E-state index in [9.17, 15) is 18.0 Å². The van der Waals surface area contributed by atoms with Crippen LogP contribution in [0.15, 0.2) is 42.7 Å². The second-order valence-corrected chi connectivity index (χ2v) is 8.78. The summed E-state index contributed by atoms with van der Waals surface area (Å²) in [6, 6.07) is 8.00. The van der Waals surface area contributed by atoms with Crippen LogP contribution in [0.3, 0.4) is 0 Å². The van der Waals surface area contributed by atoms with Crippen LogP contribution in [-0.2, 0) is 23.2 Å². The van der Waals surface area contributed by atoms with Crippen LogP contribution in [0, 0.1) is 0 Å². The lowest BCUT2D eigenvalue weighted by molar-refractivity contribution is -0.274. The number of rotatable bonds is 6. The second-order valence-electron chi connectivity index (χ2n) is 8.78. The second kappa shape index (κ2) is 8.92. The van der Waals surface area contributed by atoms with E-state index in [-0.39, 0.29) is 29.5 Å². The Hall–Kier alpha value is -3.69. The van der Waals surface area contributed by atoms with E-state index in [4.69, 9.17) is 0 Å². The van der Waals surface area contributed by atoms with Crippen molar-refractivity contribution in [3.05, 3.63) is 59.5 Å². The molecule has 0 spiro atoms. The molecule has 1 amide bonds. The minimum atomic E-state index is -4.89. The maximum atomic E-state index is 13.0. The van der Waals surface area contributed by atoms with Crippen molar-refractivity contribution in [2.75, 3.05) is 5.32 Å².